The normalized spacial score (nSPS) is 14.5. The summed E-state index contributed by atoms with van der Waals surface area (Å²) in [6, 6.07) is 19.6. The maximum absolute atomic E-state index is 6.23. The molecule has 0 fully saturated rings. The largest absolute Gasteiger partial charge is 0.497 e. The first-order valence-corrected chi connectivity index (χ1v) is 11.1. The Bertz CT molecular complexity index is 1030. The first-order valence-electron chi connectivity index (χ1n) is 11.1. The van der Waals surface area contributed by atoms with Crippen LogP contribution in [0.3, 0.4) is 0 Å². The zero-order valence-electron chi connectivity index (χ0n) is 18.4. The molecule has 4 rings (SSSR count). The lowest BCUT2D eigenvalue weighted by molar-refractivity contribution is 0.290. The number of aromatic nitrogens is 1. The number of ether oxygens (including phenoxy) is 3. The van der Waals surface area contributed by atoms with Gasteiger partial charge in [-0.25, -0.2) is 4.98 Å². The molecule has 0 aliphatic carbocycles. The lowest BCUT2D eigenvalue weighted by Crippen LogP contribution is -2.25. The fourth-order valence-corrected chi connectivity index (χ4v) is 3.52. The maximum atomic E-state index is 6.23. The van der Waals surface area contributed by atoms with Crippen molar-refractivity contribution in [1.29, 1.82) is 0 Å². The SMILES string of the molecule is COc1ccc(CNC2=NCCCCCCOc3ccccc3Oc3ncccc32)cc1. The fraction of sp³-hybridized carbons (Fsp3) is 0.308. The van der Waals surface area contributed by atoms with Crippen molar-refractivity contribution < 1.29 is 14.2 Å². The van der Waals surface area contributed by atoms with Gasteiger partial charge < -0.3 is 19.5 Å². The van der Waals surface area contributed by atoms with Crippen molar-refractivity contribution in [1.82, 2.24) is 10.3 Å². The van der Waals surface area contributed by atoms with E-state index in [1.165, 1.54) is 0 Å². The molecule has 1 aliphatic heterocycles. The number of amidine groups is 1. The van der Waals surface area contributed by atoms with Crippen LogP contribution in [0, 0.1) is 0 Å². The number of rotatable bonds is 3. The van der Waals surface area contributed by atoms with Crippen LogP contribution in [0.15, 0.2) is 71.9 Å². The molecule has 166 valence electrons. The fourth-order valence-electron chi connectivity index (χ4n) is 3.52. The van der Waals surface area contributed by atoms with Gasteiger partial charge in [-0.2, -0.15) is 0 Å². The van der Waals surface area contributed by atoms with E-state index in [1.54, 1.807) is 13.3 Å². The summed E-state index contributed by atoms with van der Waals surface area (Å²) in [4.78, 5) is 9.39. The topological polar surface area (TPSA) is 65.0 Å². The summed E-state index contributed by atoms with van der Waals surface area (Å²) in [7, 11) is 1.67. The van der Waals surface area contributed by atoms with E-state index in [2.05, 4.69) is 10.3 Å². The highest BCUT2D eigenvalue weighted by Gasteiger charge is 2.15. The number of para-hydroxylation sites is 2. The smallest absolute Gasteiger partial charge is 0.230 e. The van der Waals surface area contributed by atoms with Gasteiger partial charge in [0.05, 0.1) is 19.3 Å². The van der Waals surface area contributed by atoms with E-state index in [1.807, 2.05) is 60.7 Å². The lowest BCUT2D eigenvalue weighted by Gasteiger charge is -2.17. The molecule has 0 unspecified atom stereocenters. The maximum Gasteiger partial charge on any atom is 0.230 e. The minimum absolute atomic E-state index is 0.501. The van der Waals surface area contributed by atoms with Crippen LogP contribution in [-0.2, 0) is 6.54 Å². The first-order chi connectivity index (χ1) is 15.8. The molecule has 2 heterocycles. The Morgan fingerprint density at radius 3 is 2.56 bits per heavy atom. The number of fused-ring (bicyclic) bond motifs is 2. The Labute approximate surface area is 189 Å². The molecular formula is C26H29N3O3. The molecule has 2 aromatic carbocycles. The van der Waals surface area contributed by atoms with E-state index in [0.29, 0.717) is 24.8 Å². The van der Waals surface area contributed by atoms with Gasteiger partial charge in [0, 0.05) is 19.3 Å². The van der Waals surface area contributed by atoms with E-state index >= 15 is 0 Å². The number of hydrogen-bond acceptors (Lipinski definition) is 6. The van der Waals surface area contributed by atoms with Crippen molar-refractivity contribution in [3.8, 4) is 23.1 Å². The van der Waals surface area contributed by atoms with Crippen molar-refractivity contribution in [3.05, 3.63) is 78.0 Å². The lowest BCUT2D eigenvalue weighted by atomic mass is 10.2. The van der Waals surface area contributed by atoms with Gasteiger partial charge in [-0.15, -0.1) is 0 Å². The van der Waals surface area contributed by atoms with Crippen LogP contribution in [0.1, 0.15) is 36.8 Å². The van der Waals surface area contributed by atoms with Crippen molar-refractivity contribution in [3.63, 3.8) is 0 Å². The monoisotopic (exact) mass is 431 g/mol. The summed E-state index contributed by atoms with van der Waals surface area (Å²) >= 11 is 0. The molecule has 32 heavy (non-hydrogen) atoms. The molecule has 6 nitrogen and oxygen atoms in total. The predicted molar refractivity (Wildman–Crippen MR) is 126 cm³/mol. The van der Waals surface area contributed by atoms with Crippen molar-refractivity contribution in [2.24, 2.45) is 4.99 Å². The van der Waals surface area contributed by atoms with Gasteiger partial charge in [0.15, 0.2) is 11.5 Å². The molecule has 1 N–H and O–H groups in total. The molecular weight excluding hydrogens is 402 g/mol. The van der Waals surface area contributed by atoms with Crippen LogP contribution in [0.5, 0.6) is 23.1 Å². The van der Waals surface area contributed by atoms with Gasteiger partial charge >= 0.3 is 0 Å². The molecule has 0 atom stereocenters. The standard InChI is InChI=1S/C26H29N3O3/c1-30-21-14-12-20(13-15-21)19-29-25-22-9-8-17-28-26(22)32-24-11-5-4-10-23(24)31-18-7-3-2-6-16-27-25/h4-5,8-15,17H,2-3,6-7,16,18-19H2,1H3,(H,27,29). The molecule has 0 amide bonds. The second-order valence-corrected chi connectivity index (χ2v) is 7.60. The third-order valence-corrected chi connectivity index (χ3v) is 5.28. The number of hydrogen-bond donors (Lipinski definition) is 1. The zero-order valence-corrected chi connectivity index (χ0v) is 18.4. The van der Waals surface area contributed by atoms with Gasteiger partial charge in [-0.1, -0.05) is 30.7 Å². The average Bonchev–Trinajstić information content (AvgIpc) is 2.84. The van der Waals surface area contributed by atoms with Gasteiger partial charge in [-0.05, 0) is 61.2 Å². The summed E-state index contributed by atoms with van der Waals surface area (Å²) < 4.78 is 17.5. The van der Waals surface area contributed by atoms with Gasteiger partial charge in [0.1, 0.15) is 11.6 Å². The van der Waals surface area contributed by atoms with Crippen molar-refractivity contribution in [2.45, 2.75) is 32.2 Å². The van der Waals surface area contributed by atoms with Crippen LogP contribution in [-0.4, -0.2) is 31.1 Å². The minimum Gasteiger partial charge on any atom is -0.497 e. The molecule has 3 aromatic rings. The molecule has 0 saturated heterocycles. The second-order valence-electron chi connectivity index (χ2n) is 7.60. The summed E-state index contributed by atoms with van der Waals surface area (Å²) in [5.74, 6) is 3.50. The molecule has 0 spiro atoms. The Morgan fingerprint density at radius 1 is 0.906 bits per heavy atom. The number of nitrogens with one attached hydrogen (secondary N) is 1. The third kappa shape index (κ3) is 5.78. The number of benzene rings is 2. The number of aliphatic imine (C=N–C) groups is 1. The Morgan fingerprint density at radius 2 is 1.72 bits per heavy atom. The minimum atomic E-state index is 0.501. The average molecular weight is 432 g/mol. The molecule has 1 aliphatic rings. The summed E-state index contributed by atoms with van der Waals surface area (Å²) in [5.41, 5.74) is 1.96. The number of pyridine rings is 1. The molecule has 0 saturated carbocycles. The Kier molecular flexibility index (Phi) is 7.58. The van der Waals surface area contributed by atoms with Gasteiger partial charge in [0.25, 0.3) is 0 Å². The quantitative estimate of drug-likeness (QED) is 0.604. The summed E-state index contributed by atoms with van der Waals surface area (Å²) in [5, 5.41) is 3.49. The van der Waals surface area contributed by atoms with Crippen LogP contribution in [0.25, 0.3) is 0 Å². The molecule has 1 aromatic heterocycles. The van der Waals surface area contributed by atoms with Crippen LogP contribution >= 0.6 is 0 Å². The molecule has 0 radical (unpaired) electrons. The summed E-state index contributed by atoms with van der Waals surface area (Å²) in [6.07, 6.45) is 6.00. The number of nitrogens with zero attached hydrogens (tertiary/aromatic N) is 2. The van der Waals surface area contributed by atoms with E-state index in [9.17, 15) is 0 Å². The highest BCUT2D eigenvalue weighted by molar-refractivity contribution is 6.00. The number of methoxy groups -OCH3 is 1. The Hall–Kier alpha value is -3.54. The Balaban J connectivity index is 1.62. The van der Waals surface area contributed by atoms with E-state index < -0.39 is 0 Å². The zero-order chi connectivity index (χ0) is 22.0. The highest BCUT2D eigenvalue weighted by Crippen LogP contribution is 2.32. The van der Waals surface area contributed by atoms with Crippen molar-refractivity contribution >= 4 is 5.84 Å². The second kappa shape index (κ2) is 11.2. The van der Waals surface area contributed by atoms with E-state index in [-0.39, 0.29) is 0 Å². The van der Waals surface area contributed by atoms with Crippen LogP contribution < -0.4 is 19.5 Å². The first kappa shape index (κ1) is 21.7. The van der Waals surface area contributed by atoms with Crippen LogP contribution in [0.2, 0.25) is 0 Å². The highest BCUT2D eigenvalue weighted by atomic mass is 16.5. The van der Waals surface area contributed by atoms with Crippen LogP contribution in [0.4, 0.5) is 0 Å². The van der Waals surface area contributed by atoms with E-state index in [4.69, 9.17) is 19.2 Å². The molecule has 6 heteroatoms. The van der Waals surface area contributed by atoms with Crippen molar-refractivity contribution in [2.75, 3.05) is 20.3 Å². The molecule has 0 bridgehead atoms. The van der Waals surface area contributed by atoms with E-state index in [0.717, 1.165) is 60.7 Å². The van der Waals surface area contributed by atoms with Gasteiger partial charge in [0.2, 0.25) is 5.88 Å². The van der Waals surface area contributed by atoms with Gasteiger partial charge in [-0.3, -0.25) is 4.99 Å². The summed E-state index contributed by atoms with van der Waals surface area (Å²) in [6.45, 7) is 2.06. The third-order valence-electron chi connectivity index (χ3n) is 5.28. The predicted octanol–water partition coefficient (Wildman–Crippen LogP) is 5.37.